The number of unbranched alkanes of at least 4 members (excludes halogenated alkanes) is 2. The first kappa shape index (κ1) is 18.5. The van der Waals surface area contributed by atoms with Crippen molar-refractivity contribution in [1.29, 1.82) is 0 Å². The van der Waals surface area contributed by atoms with Gasteiger partial charge >= 0.3 is 0 Å². The lowest BCUT2D eigenvalue weighted by molar-refractivity contribution is 0.106. The molecule has 0 aliphatic heterocycles. The van der Waals surface area contributed by atoms with Crippen LogP contribution in [0.4, 0.5) is 0 Å². The quantitative estimate of drug-likeness (QED) is 0.433. The number of carbonyl (C=O) groups is 2. The van der Waals surface area contributed by atoms with E-state index in [1.54, 1.807) is 12.1 Å². The zero-order valence-electron chi connectivity index (χ0n) is 13.6. The largest absolute Gasteiger partial charge is 0.377 e. The van der Waals surface area contributed by atoms with Crippen molar-refractivity contribution in [3.05, 3.63) is 34.4 Å². The smallest absolute Gasteiger partial charge is 0.150 e. The summed E-state index contributed by atoms with van der Waals surface area (Å²) in [5, 5.41) is 0. The Morgan fingerprint density at radius 1 is 0.818 bits per heavy atom. The highest BCUT2D eigenvalue weighted by Gasteiger charge is 2.10. The van der Waals surface area contributed by atoms with Crippen molar-refractivity contribution in [3.8, 4) is 0 Å². The second-order valence-corrected chi connectivity index (χ2v) is 5.30. The molecule has 0 aliphatic carbocycles. The zero-order chi connectivity index (χ0) is 16.2. The number of hydrogen-bond acceptors (Lipinski definition) is 4. The van der Waals surface area contributed by atoms with E-state index >= 15 is 0 Å². The van der Waals surface area contributed by atoms with Crippen LogP contribution in [0.15, 0.2) is 12.1 Å². The number of hydrogen-bond donors (Lipinski definition) is 0. The molecule has 4 heteroatoms. The molecule has 1 rings (SSSR count). The van der Waals surface area contributed by atoms with Crippen LogP contribution in [0, 0.1) is 0 Å². The van der Waals surface area contributed by atoms with Crippen molar-refractivity contribution < 1.29 is 19.1 Å². The van der Waals surface area contributed by atoms with Crippen molar-refractivity contribution in [2.45, 2.75) is 52.7 Å². The molecular formula is C18H26O4. The minimum absolute atomic E-state index is 0.353. The first-order chi connectivity index (χ1) is 10.8. The zero-order valence-corrected chi connectivity index (χ0v) is 13.6. The van der Waals surface area contributed by atoms with Crippen LogP contribution in [0.3, 0.4) is 0 Å². The van der Waals surface area contributed by atoms with Crippen LogP contribution in [-0.4, -0.2) is 25.8 Å². The molecule has 1 aromatic carbocycles. The number of ether oxygens (including phenoxy) is 2. The molecule has 0 aromatic heterocycles. The third kappa shape index (κ3) is 6.08. The summed E-state index contributed by atoms with van der Waals surface area (Å²) < 4.78 is 11.1. The first-order valence-corrected chi connectivity index (χ1v) is 7.98. The molecule has 0 bridgehead atoms. The molecule has 0 saturated carbocycles. The highest BCUT2D eigenvalue weighted by Crippen LogP contribution is 2.17. The van der Waals surface area contributed by atoms with Crippen molar-refractivity contribution in [3.63, 3.8) is 0 Å². The van der Waals surface area contributed by atoms with Crippen LogP contribution in [0.5, 0.6) is 0 Å². The Hall–Kier alpha value is -1.52. The van der Waals surface area contributed by atoms with E-state index in [2.05, 4.69) is 13.8 Å². The van der Waals surface area contributed by atoms with E-state index in [-0.39, 0.29) is 0 Å². The molecule has 0 fully saturated rings. The van der Waals surface area contributed by atoms with Gasteiger partial charge in [-0.15, -0.1) is 0 Å². The fourth-order valence-corrected chi connectivity index (χ4v) is 2.05. The molecular weight excluding hydrogens is 280 g/mol. The van der Waals surface area contributed by atoms with E-state index < -0.39 is 0 Å². The Morgan fingerprint density at radius 3 is 1.55 bits per heavy atom. The summed E-state index contributed by atoms with van der Waals surface area (Å²) >= 11 is 0. The molecule has 0 unspecified atom stereocenters. The Morgan fingerprint density at radius 2 is 1.23 bits per heavy atom. The monoisotopic (exact) mass is 306 g/mol. The molecule has 0 saturated heterocycles. The molecule has 0 spiro atoms. The molecule has 0 aliphatic rings. The predicted octanol–water partition coefficient (Wildman–Crippen LogP) is 3.95. The molecule has 0 heterocycles. The first-order valence-electron chi connectivity index (χ1n) is 7.98. The van der Waals surface area contributed by atoms with Gasteiger partial charge in [0.2, 0.25) is 0 Å². The van der Waals surface area contributed by atoms with Crippen LogP contribution >= 0.6 is 0 Å². The summed E-state index contributed by atoms with van der Waals surface area (Å²) in [6.45, 7) is 6.22. The van der Waals surface area contributed by atoms with Gasteiger partial charge in [-0.25, -0.2) is 0 Å². The SMILES string of the molecule is CCCCOCc1cc(C=O)c(COCCCC)cc1C=O. The van der Waals surface area contributed by atoms with Gasteiger partial charge in [-0.2, -0.15) is 0 Å². The van der Waals surface area contributed by atoms with Crippen molar-refractivity contribution in [1.82, 2.24) is 0 Å². The maximum absolute atomic E-state index is 11.3. The fraction of sp³-hybridized carbons (Fsp3) is 0.556. The summed E-state index contributed by atoms with van der Waals surface area (Å²) in [7, 11) is 0. The van der Waals surface area contributed by atoms with E-state index in [1.807, 2.05) is 0 Å². The lowest BCUT2D eigenvalue weighted by Crippen LogP contribution is -2.05. The maximum Gasteiger partial charge on any atom is 0.150 e. The van der Waals surface area contributed by atoms with Gasteiger partial charge < -0.3 is 9.47 Å². The molecule has 0 radical (unpaired) electrons. The third-order valence-electron chi connectivity index (χ3n) is 3.45. The highest BCUT2D eigenvalue weighted by atomic mass is 16.5. The molecule has 22 heavy (non-hydrogen) atoms. The van der Waals surface area contributed by atoms with Crippen molar-refractivity contribution >= 4 is 12.6 Å². The van der Waals surface area contributed by atoms with Gasteiger partial charge in [-0.05, 0) is 36.1 Å². The summed E-state index contributed by atoms with van der Waals surface area (Å²) in [6.07, 6.45) is 5.72. The van der Waals surface area contributed by atoms with E-state index in [0.717, 1.165) is 49.4 Å². The predicted molar refractivity (Wildman–Crippen MR) is 86.3 cm³/mol. The Bertz CT molecular complexity index is 425. The topological polar surface area (TPSA) is 52.6 Å². The van der Waals surface area contributed by atoms with Gasteiger partial charge in [0.25, 0.3) is 0 Å². The summed E-state index contributed by atoms with van der Waals surface area (Å²) in [5.74, 6) is 0. The highest BCUT2D eigenvalue weighted by molar-refractivity contribution is 5.83. The lowest BCUT2D eigenvalue weighted by atomic mass is 10.00. The molecule has 4 nitrogen and oxygen atoms in total. The van der Waals surface area contributed by atoms with Gasteiger partial charge in [0.15, 0.2) is 0 Å². The van der Waals surface area contributed by atoms with Gasteiger partial charge in [0.1, 0.15) is 12.6 Å². The minimum atomic E-state index is 0.353. The second kappa shape index (κ2) is 11.1. The molecule has 0 N–H and O–H groups in total. The average Bonchev–Trinajstić information content (AvgIpc) is 2.55. The standard InChI is InChI=1S/C18H26O4/c1-3-5-7-21-13-17-9-16(12-20)18(10-15(17)11-19)14-22-8-6-4-2/h9-12H,3-8,13-14H2,1-2H3. The van der Waals surface area contributed by atoms with E-state index in [9.17, 15) is 9.59 Å². The molecule has 0 amide bonds. The lowest BCUT2D eigenvalue weighted by Gasteiger charge is -2.12. The van der Waals surface area contributed by atoms with Crippen LogP contribution in [0.25, 0.3) is 0 Å². The average molecular weight is 306 g/mol. The van der Waals surface area contributed by atoms with Crippen LogP contribution in [0.2, 0.25) is 0 Å². The molecule has 122 valence electrons. The third-order valence-corrected chi connectivity index (χ3v) is 3.45. The van der Waals surface area contributed by atoms with Crippen LogP contribution in [-0.2, 0) is 22.7 Å². The number of benzene rings is 1. The second-order valence-electron chi connectivity index (χ2n) is 5.30. The van der Waals surface area contributed by atoms with Gasteiger partial charge in [-0.3, -0.25) is 9.59 Å². The van der Waals surface area contributed by atoms with Crippen LogP contribution < -0.4 is 0 Å². The van der Waals surface area contributed by atoms with Crippen molar-refractivity contribution in [2.24, 2.45) is 0 Å². The number of rotatable bonds is 12. The summed E-state index contributed by atoms with van der Waals surface area (Å²) in [4.78, 5) is 22.5. The van der Waals surface area contributed by atoms with Gasteiger partial charge in [-0.1, -0.05) is 26.7 Å². The normalized spacial score (nSPS) is 10.6. The Kier molecular flexibility index (Phi) is 9.35. The Balaban J connectivity index is 2.78. The van der Waals surface area contributed by atoms with E-state index in [4.69, 9.17) is 9.47 Å². The number of carbonyl (C=O) groups excluding carboxylic acids is 2. The van der Waals surface area contributed by atoms with Gasteiger partial charge in [0, 0.05) is 24.3 Å². The van der Waals surface area contributed by atoms with E-state index in [0.29, 0.717) is 37.6 Å². The fourth-order valence-electron chi connectivity index (χ4n) is 2.05. The summed E-state index contributed by atoms with van der Waals surface area (Å²) in [6, 6.07) is 3.47. The van der Waals surface area contributed by atoms with Crippen LogP contribution in [0.1, 0.15) is 71.4 Å². The van der Waals surface area contributed by atoms with Gasteiger partial charge in [0.05, 0.1) is 13.2 Å². The molecule has 0 atom stereocenters. The number of aldehydes is 2. The van der Waals surface area contributed by atoms with Crippen molar-refractivity contribution in [2.75, 3.05) is 13.2 Å². The molecule has 1 aromatic rings. The minimum Gasteiger partial charge on any atom is -0.377 e. The Labute approximate surface area is 132 Å². The van der Waals surface area contributed by atoms with E-state index in [1.165, 1.54) is 0 Å². The summed E-state index contributed by atoms with van der Waals surface area (Å²) in [5.41, 5.74) is 2.64. The maximum atomic E-state index is 11.3.